The molecule has 2 aliphatic rings. The maximum atomic E-state index is 13.8. The van der Waals surface area contributed by atoms with Gasteiger partial charge in [-0.05, 0) is 59.4 Å². The van der Waals surface area contributed by atoms with Crippen LogP contribution in [0.1, 0.15) is 43.9 Å². The van der Waals surface area contributed by atoms with Gasteiger partial charge in [0.2, 0.25) is 5.91 Å². The molecule has 1 atom stereocenters. The molecule has 3 aromatic carbocycles. The number of hydrogen-bond donors (Lipinski definition) is 2. The number of ether oxygens (including phenoxy) is 1. The minimum absolute atomic E-state index is 0.00306. The van der Waals surface area contributed by atoms with Crippen molar-refractivity contribution < 1.29 is 19.2 Å². The van der Waals surface area contributed by atoms with Gasteiger partial charge < -0.3 is 20.3 Å². The zero-order chi connectivity index (χ0) is 28.4. The number of nitro groups is 1. The highest BCUT2D eigenvalue weighted by molar-refractivity contribution is 6.01. The molecule has 1 aliphatic heterocycles. The summed E-state index contributed by atoms with van der Waals surface area (Å²) in [6.07, 6.45) is 1.02. The van der Waals surface area contributed by atoms with E-state index in [1.807, 2.05) is 53.4 Å². The predicted molar refractivity (Wildman–Crippen MR) is 153 cm³/mol. The molecule has 1 amide bonds. The van der Waals surface area contributed by atoms with Gasteiger partial charge in [0.1, 0.15) is 5.75 Å². The molecule has 9 heteroatoms. The Balaban J connectivity index is 1.56. The number of amides is 1. The van der Waals surface area contributed by atoms with E-state index in [2.05, 4.69) is 24.5 Å². The molecule has 40 heavy (non-hydrogen) atoms. The number of rotatable bonds is 7. The van der Waals surface area contributed by atoms with Crippen molar-refractivity contribution in [3.8, 4) is 5.75 Å². The Labute approximate surface area is 233 Å². The number of nitro benzene ring substituents is 1. The number of ketones is 1. The van der Waals surface area contributed by atoms with Gasteiger partial charge in [-0.3, -0.25) is 19.7 Å². The number of anilines is 2. The smallest absolute Gasteiger partial charge is 0.269 e. The molecule has 2 N–H and O–H groups in total. The van der Waals surface area contributed by atoms with Crippen molar-refractivity contribution in [1.82, 2.24) is 5.32 Å². The number of non-ortho nitro benzene ring substituents is 1. The molecule has 0 fully saturated rings. The molecule has 3 aromatic rings. The standard InChI is InChI=1S/C31H32N4O5/c1-31(2)16-25-29(27(36)17-31)30(21-11-13-22(14-12-21)35(38)39)34(26-10-5-4-9-24(26)33-25)19-28(37)32-18-20-7-6-8-23(15-20)40-3/h4-15,30,33H,16-19H2,1-3H3,(H,32,37). The maximum absolute atomic E-state index is 13.8. The summed E-state index contributed by atoms with van der Waals surface area (Å²) in [5.74, 6) is 0.476. The SMILES string of the molecule is COc1cccc(CNC(=O)CN2c3ccccc3NC3=C(C(=O)CC(C)(C)C3)C2c2ccc([N+](=O)[O-])cc2)c1. The molecule has 0 radical (unpaired) electrons. The van der Waals surface area contributed by atoms with Gasteiger partial charge in [0, 0.05) is 36.4 Å². The second-order valence-electron chi connectivity index (χ2n) is 11.0. The Kier molecular flexibility index (Phi) is 7.30. The Morgan fingerprint density at radius 3 is 2.58 bits per heavy atom. The fourth-order valence-electron chi connectivity index (χ4n) is 5.55. The number of benzene rings is 3. The summed E-state index contributed by atoms with van der Waals surface area (Å²) in [5.41, 5.74) is 4.29. The summed E-state index contributed by atoms with van der Waals surface area (Å²) in [6, 6.07) is 20.8. The van der Waals surface area contributed by atoms with Gasteiger partial charge in [0.15, 0.2) is 5.78 Å². The molecule has 206 valence electrons. The van der Waals surface area contributed by atoms with Gasteiger partial charge in [0.05, 0.1) is 36.0 Å². The van der Waals surface area contributed by atoms with Gasteiger partial charge >= 0.3 is 0 Å². The molecule has 5 rings (SSSR count). The number of fused-ring (bicyclic) bond motifs is 1. The van der Waals surface area contributed by atoms with Crippen LogP contribution in [0.25, 0.3) is 0 Å². The van der Waals surface area contributed by atoms with Crippen molar-refractivity contribution in [2.75, 3.05) is 23.9 Å². The molecule has 0 bridgehead atoms. The van der Waals surface area contributed by atoms with Crippen LogP contribution in [0.5, 0.6) is 5.75 Å². The van der Waals surface area contributed by atoms with Crippen LogP contribution in [0.15, 0.2) is 84.1 Å². The van der Waals surface area contributed by atoms with Crippen LogP contribution in [0, 0.1) is 15.5 Å². The maximum Gasteiger partial charge on any atom is 0.269 e. The first-order chi connectivity index (χ1) is 19.1. The van der Waals surface area contributed by atoms with Crippen molar-refractivity contribution in [1.29, 1.82) is 0 Å². The van der Waals surface area contributed by atoms with Gasteiger partial charge in [-0.15, -0.1) is 0 Å². The molecule has 1 aliphatic carbocycles. The third kappa shape index (κ3) is 5.54. The summed E-state index contributed by atoms with van der Waals surface area (Å²) in [4.78, 5) is 40.0. The summed E-state index contributed by atoms with van der Waals surface area (Å²) < 4.78 is 5.29. The Morgan fingerprint density at radius 1 is 1.10 bits per heavy atom. The fourth-order valence-corrected chi connectivity index (χ4v) is 5.55. The highest BCUT2D eigenvalue weighted by Gasteiger charge is 2.42. The Morgan fingerprint density at radius 2 is 1.85 bits per heavy atom. The van der Waals surface area contributed by atoms with Crippen molar-refractivity contribution in [2.45, 2.75) is 39.3 Å². The second kappa shape index (κ2) is 10.8. The van der Waals surface area contributed by atoms with E-state index in [1.165, 1.54) is 12.1 Å². The van der Waals surface area contributed by atoms with Crippen molar-refractivity contribution in [3.63, 3.8) is 0 Å². The second-order valence-corrected chi connectivity index (χ2v) is 11.0. The summed E-state index contributed by atoms with van der Waals surface area (Å²) in [5, 5.41) is 17.9. The van der Waals surface area contributed by atoms with E-state index in [-0.39, 0.29) is 29.3 Å². The molecule has 0 spiro atoms. The number of nitrogens with zero attached hydrogens (tertiary/aromatic N) is 2. The third-order valence-corrected chi connectivity index (χ3v) is 7.36. The first-order valence-electron chi connectivity index (χ1n) is 13.2. The zero-order valence-corrected chi connectivity index (χ0v) is 22.8. The van der Waals surface area contributed by atoms with Crippen LogP contribution in [-0.2, 0) is 16.1 Å². The van der Waals surface area contributed by atoms with E-state index >= 15 is 0 Å². The largest absolute Gasteiger partial charge is 0.497 e. The lowest BCUT2D eigenvalue weighted by atomic mass is 9.73. The summed E-state index contributed by atoms with van der Waals surface area (Å²) >= 11 is 0. The highest BCUT2D eigenvalue weighted by Crippen LogP contribution is 2.48. The molecule has 9 nitrogen and oxygen atoms in total. The van der Waals surface area contributed by atoms with E-state index in [4.69, 9.17) is 4.74 Å². The molecular weight excluding hydrogens is 508 g/mol. The molecule has 0 aromatic heterocycles. The van der Waals surface area contributed by atoms with Gasteiger partial charge in [-0.1, -0.05) is 38.1 Å². The van der Waals surface area contributed by atoms with Crippen molar-refractivity contribution >= 4 is 28.8 Å². The number of nitrogens with one attached hydrogen (secondary N) is 2. The first kappa shape index (κ1) is 26.9. The molecular formula is C31H32N4O5. The van der Waals surface area contributed by atoms with Crippen LogP contribution < -0.4 is 20.3 Å². The van der Waals surface area contributed by atoms with Crippen molar-refractivity contribution in [2.24, 2.45) is 5.41 Å². The number of hydrogen-bond acceptors (Lipinski definition) is 7. The number of methoxy groups -OCH3 is 1. The quantitative estimate of drug-likeness (QED) is 0.299. The number of carbonyl (C=O) groups excluding carboxylic acids is 2. The van der Waals surface area contributed by atoms with Crippen molar-refractivity contribution in [3.05, 3.63) is 105 Å². The van der Waals surface area contributed by atoms with E-state index in [1.54, 1.807) is 19.2 Å². The average molecular weight is 541 g/mol. The summed E-state index contributed by atoms with van der Waals surface area (Å²) in [6.45, 7) is 4.42. The molecule has 1 heterocycles. The number of allylic oxidation sites excluding steroid dienone is 1. The van der Waals surface area contributed by atoms with E-state index in [0.29, 0.717) is 36.3 Å². The fraction of sp³-hybridized carbons (Fsp3) is 0.290. The normalized spacial score (nSPS) is 17.7. The lowest BCUT2D eigenvalue weighted by Crippen LogP contribution is -2.41. The third-order valence-electron chi connectivity index (χ3n) is 7.36. The average Bonchev–Trinajstić information content (AvgIpc) is 3.06. The van der Waals surface area contributed by atoms with Crippen LogP contribution in [0.3, 0.4) is 0 Å². The zero-order valence-electron chi connectivity index (χ0n) is 22.8. The monoisotopic (exact) mass is 540 g/mol. The van der Waals surface area contributed by atoms with E-state index in [0.717, 1.165) is 22.6 Å². The molecule has 0 saturated carbocycles. The lowest BCUT2D eigenvalue weighted by Gasteiger charge is -2.37. The Hall–Kier alpha value is -4.66. The van der Waals surface area contributed by atoms with E-state index in [9.17, 15) is 19.7 Å². The topological polar surface area (TPSA) is 114 Å². The highest BCUT2D eigenvalue weighted by atomic mass is 16.6. The van der Waals surface area contributed by atoms with Gasteiger partial charge in [-0.25, -0.2) is 0 Å². The predicted octanol–water partition coefficient (Wildman–Crippen LogP) is 5.54. The van der Waals surface area contributed by atoms with E-state index < -0.39 is 11.0 Å². The summed E-state index contributed by atoms with van der Waals surface area (Å²) in [7, 11) is 1.59. The minimum atomic E-state index is -0.613. The first-order valence-corrected chi connectivity index (χ1v) is 13.2. The van der Waals surface area contributed by atoms with Gasteiger partial charge in [-0.2, -0.15) is 0 Å². The van der Waals surface area contributed by atoms with Crippen LogP contribution in [0.4, 0.5) is 17.1 Å². The van der Waals surface area contributed by atoms with Crippen LogP contribution in [0.2, 0.25) is 0 Å². The number of para-hydroxylation sites is 2. The molecule has 0 saturated heterocycles. The lowest BCUT2D eigenvalue weighted by molar-refractivity contribution is -0.384. The number of Topliss-reactive ketones (excluding diaryl/α,β-unsaturated/α-hetero) is 1. The van der Waals surface area contributed by atoms with Crippen LogP contribution >= 0.6 is 0 Å². The Bertz CT molecular complexity index is 1500. The van der Waals surface area contributed by atoms with Crippen LogP contribution in [-0.4, -0.2) is 30.3 Å². The molecule has 1 unspecified atom stereocenters. The van der Waals surface area contributed by atoms with Gasteiger partial charge in [0.25, 0.3) is 5.69 Å². The number of carbonyl (C=O) groups is 2. The minimum Gasteiger partial charge on any atom is -0.497 e.